The molecule has 5 heteroatoms. The largest absolute Gasteiger partial charge is 0.341 e. The van der Waals surface area contributed by atoms with Crippen LogP contribution in [0.15, 0.2) is 42.7 Å². The summed E-state index contributed by atoms with van der Waals surface area (Å²) in [6.07, 6.45) is 7.44. The Morgan fingerprint density at radius 3 is 2.54 bits per heavy atom. The molecule has 0 unspecified atom stereocenters. The van der Waals surface area contributed by atoms with Crippen LogP contribution in [0.5, 0.6) is 0 Å². The number of nitrogens with zero attached hydrogens (tertiary/aromatic N) is 3. The van der Waals surface area contributed by atoms with Crippen LogP contribution in [0.25, 0.3) is 0 Å². The van der Waals surface area contributed by atoms with E-state index in [1.165, 1.54) is 11.1 Å². The second-order valence-corrected chi connectivity index (χ2v) is 7.66. The molecule has 2 saturated heterocycles. The van der Waals surface area contributed by atoms with Gasteiger partial charge in [-0.3, -0.25) is 9.48 Å². The normalized spacial score (nSPS) is 20.9. The Hall–Kier alpha value is -2.14. The van der Waals surface area contributed by atoms with Gasteiger partial charge in [0.25, 0.3) is 5.91 Å². The number of rotatable bonds is 3. The van der Waals surface area contributed by atoms with E-state index in [0.29, 0.717) is 5.92 Å². The predicted octanol–water partition coefficient (Wildman–Crippen LogP) is 2.68. The van der Waals surface area contributed by atoms with E-state index in [0.717, 1.165) is 51.9 Å². The minimum absolute atomic E-state index is 0.255. The van der Waals surface area contributed by atoms with Crippen molar-refractivity contribution in [2.45, 2.75) is 44.1 Å². The summed E-state index contributed by atoms with van der Waals surface area (Å²) in [5.41, 5.74) is 2.30. The van der Waals surface area contributed by atoms with Crippen molar-refractivity contribution in [2.75, 3.05) is 26.2 Å². The first-order valence-electron chi connectivity index (χ1n) is 9.76. The Labute approximate surface area is 155 Å². The van der Waals surface area contributed by atoms with Gasteiger partial charge in [0.2, 0.25) is 0 Å². The monoisotopic (exact) mass is 352 g/mol. The van der Waals surface area contributed by atoms with Crippen molar-refractivity contribution < 1.29 is 4.79 Å². The Bertz CT molecular complexity index is 741. The summed E-state index contributed by atoms with van der Waals surface area (Å²) in [4.78, 5) is 15.6. The van der Waals surface area contributed by atoms with E-state index in [9.17, 15) is 4.79 Å². The van der Waals surface area contributed by atoms with Gasteiger partial charge in [0.1, 0.15) is 5.54 Å². The third-order valence-corrected chi connectivity index (χ3v) is 6.18. The van der Waals surface area contributed by atoms with E-state index >= 15 is 0 Å². The lowest BCUT2D eigenvalue weighted by molar-refractivity contribution is -0.144. The molecular weight excluding hydrogens is 324 g/mol. The highest BCUT2D eigenvalue weighted by molar-refractivity contribution is 5.84. The molecule has 2 aromatic rings. The van der Waals surface area contributed by atoms with Crippen LogP contribution < -0.4 is 5.32 Å². The number of benzene rings is 1. The number of aromatic nitrogens is 2. The fraction of sp³-hybridized carbons (Fsp3) is 0.524. The molecule has 3 heterocycles. The molecule has 2 aliphatic rings. The fourth-order valence-electron chi connectivity index (χ4n) is 4.64. The minimum Gasteiger partial charge on any atom is -0.341 e. The van der Waals surface area contributed by atoms with Crippen LogP contribution in [0.4, 0.5) is 0 Å². The number of piperidine rings is 2. The summed E-state index contributed by atoms with van der Waals surface area (Å²) >= 11 is 0. The fourth-order valence-corrected chi connectivity index (χ4v) is 4.64. The maximum atomic E-state index is 13.5. The number of carbonyl (C=O) groups excluding carboxylic acids is 1. The molecule has 0 aliphatic carbocycles. The molecular formula is C21H28N4O. The number of likely N-dealkylation sites (tertiary alicyclic amines) is 1. The summed E-state index contributed by atoms with van der Waals surface area (Å²) in [5.74, 6) is 0.819. The van der Waals surface area contributed by atoms with E-state index in [-0.39, 0.29) is 5.91 Å². The lowest BCUT2D eigenvalue weighted by Crippen LogP contribution is -2.56. The van der Waals surface area contributed by atoms with E-state index in [2.05, 4.69) is 46.5 Å². The highest BCUT2D eigenvalue weighted by Gasteiger charge is 2.45. The van der Waals surface area contributed by atoms with Crippen LogP contribution >= 0.6 is 0 Å². The summed E-state index contributed by atoms with van der Waals surface area (Å²) in [6, 6.07) is 10.6. The van der Waals surface area contributed by atoms with Gasteiger partial charge >= 0.3 is 0 Å². The SMILES string of the molecule is Cc1ccccc1C1CCN(C(=O)C2(n3cccn3)CCNCC2)CC1. The van der Waals surface area contributed by atoms with Gasteiger partial charge in [-0.25, -0.2) is 0 Å². The highest BCUT2D eigenvalue weighted by Crippen LogP contribution is 2.34. The van der Waals surface area contributed by atoms with Crippen LogP contribution in [0.1, 0.15) is 42.7 Å². The number of amides is 1. The van der Waals surface area contributed by atoms with Crippen LogP contribution in [-0.2, 0) is 10.3 Å². The zero-order chi connectivity index (χ0) is 18.0. The maximum Gasteiger partial charge on any atom is 0.250 e. The number of aryl methyl sites for hydroxylation is 1. The van der Waals surface area contributed by atoms with Crippen molar-refractivity contribution in [1.82, 2.24) is 20.0 Å². The Kier molecular flexibility index (Phi) is 4.81. The summed E-state index contributed by atoms with van der Waals surface area (Å²) in [7, 11) is 0. The molecule has 5 nitrogen and oxygen atoms in total. The van der Waals surface area contributed by atoms with Crippen molar-refractivity contribution in [2.24, 2.45) is 0 Å². The van der Waals surface area contributed by atoms with Gasteiger partial charge in [-0.05, 0) is 68.8 Å². The molecule has 1 amide bonds. The quantitative estimate of drug-likeness (QED) is 0.924. The summed E-state index contributed by atoms with van der Waals surface area (Å²) in [5, 5.41) is 7.83. The molecule has 0 atom stereocenters. The number of carbonyl (C=O) groups is 1. The summed E-state index contributed by atoms with van der Waals surface area (Å²) in [6.45, 7) is 5.60. The molecule has 0 saturated carbocycles. The Balaban J connectivity index is 1.49. The first-order chi connectivity index (χ1) is 12.7. The molecule has 2 fully saturated rings. The van der Waals surface area contributed by atoms with Crippen LogP contribution in [0.3, 0.4) is 0 Å². The molecule has 2 aliphatic heterocycles. The third-order valence-electron chi connectivity index (χ3n) is 6.18. The van der Waals surface area contributed by atoms with Crippen molar-refractivity contribution in [3.63, 3.8) is 0 Å². The third kappa shape index (κ3) is 3.05. The first kappa shape index (κ1) is 17.3. The Morgan fingerprint density at radius 2 is 1.88 bits per heavy atom. The van der Waals surface area contributed by atoms with Crippen molar-refractivity contribution in [3.05, 3.63) is 53.9 Å². The van der Waals surface area contributed by atoms with Gasteiger partial charge in [-0.2, -0.15) is 5.10 Å². The summed E-state index contributed by atoms with van der Waals surface area (Å²) < 4.78 is 1.91. The van der Waals surface area contributed by atoms with Crippen LogP contribution in [-0.4, -0.2) is 46.8 Å². The average molecular weight is 352 g/mol. The standard InChI is InChI=1S/C21H28N4O/c1-17-5-2-3-6-19(17)18-7-15-24(16-8-18)20(26)21(9-12-22-13-10-21)25-14-4-11-23-25/h2-6,11,14,18,22H,7-10,12-13,15-16H2,1H3. The van der Waals surface area contributed by atoms with E-state index in [4.69, 9.17) is 0 Å². The van der Waals surface area contributed by atoms with Crippen LogP contribution in [0, 0.1) is 6.92 Å². The predicted molar refractivity (Wildman–Crippen MR) is 102 cm³/mol. The first-order valence-corrected chi connectivity index (χ1v) is 9.76. The molecule has 138 valence electrons. The van der Waals surface area contributed by atoms with E-state index < -0.39 is 5.54 Å². The average Bonchev–Trinajstić information content (AvgIpc) is 3.24. The lowest BCUT2D eigenvalue weighted by Gasteiger charge is -2.42. The molecule has 1 aromatic heterocycles. The van der Waals surface area contributed by atoms with Crippen molar-refractivity contribution in [3.8, 4) is 0 Å². The van der Waals surface area contributed by atoms with Crippen molar-refractivity contribution >= 4 is 5.91 Å². The van der Waals surface area contributed by atoms with Gasteiger partial charge in [0, 0.05) is 25.5 Å². The molecule has 0 radical (unpaired) electrons. The van der Waals surface area contributed by atoms with Gasteiger partial charge in [0.05, 0.1) is 0 Å². The minimum atomic E-state index is -0.510. The highest BCUT2D eigenvalue weighted by atomic mass is 16.2. The molecule has 0 bridgehead atoms. The maximum absolute atomic E-state index is 13.5. The number of hydrogen-bond donors (Lipinski definition) is 1. The number of hydrogen-bond acceptors (Lipinski definition) is 3. The van der Waals surface area contributed by atoms with Gasteiger partial charge < -0.3 is 10.2 Å². The molecule has 26 heavy (non-hydrogen) atoms. The van der Waals surface area contributed by atoms with E-state index in [1.807, 2.05) is 16.9 Å². The molecule has 1 aromatic carbocycles. The zero-order valence-electron chi connectivity index (χ0n) is 15.5. The zero-order valence-corrected chi connectivity index (χ0v) is 15.5. The van der Waals surface area contributed by atoms with E-state index in [1.54, 1.807) is 6.20 Å². The number of nitrogens with one attached hydrogen (secondary N) is 1. The molecule has 1 N–H and O–H groups in total. The topological polar surface area (TPSA) is 50.2 Å². The van der Waals surface area contributed by atoms with Gasteiger partial charge in [0.15, 0.2) is 0 Å². The smallest absolute Gasteiger partial charge is 0.250 e. The van der Waals surface area contributed by atoms with Gasteiger partial charge in [-0.1, -0.05) is 24.3 Å². The van der Waals surface area contributed by atoms with Crippen LogP contribution in [0.2, 0.25) is 0 Å². The Morgan fingerprint density at radius 1 is 1.15 bits per heavy atom. The lowest BCUT2D eigenvalue weighted by atomic mass is 9.83. The van der Waals surface area contributed by atoms with Crippen molar-refractivity contribution in [1.29, 1.82) is 0 Å². The second kappa shape index (κ2) is 7.23. The molecule has 4 rings (SSSR count). The molecule has 0 spiro atoms. The van der Waals surface area contributed by atoms with Gasteiger partial charge in [-0.15, -0.1) is 0 Å². The second-order valence-electron chi connectivity index (χ2n) is 7.66.